The molecule has 1 saturated carbocycles. The van der Waals surface area contributed by atoms with Gasteiger partial charge in [-0.1, -0.05) is 26.2 Å². The Balaban J connectivity index is 2.03. The van der Waals surface area contributed by atoms with Crippen molar-refractivity contribution in [1.82, 2.24) is 15.1 Å². The first-order valence-corrected chi connectivity index (χ1v) is 8.29. The van der Waals surface area contributed by atoms with Crippen LogP contribution < -0.4 is 5.32 Å². The third kappa shape index (κ3) is 4.44. The maximum absolute atomic E-state index is 3.34. The minimum Gasteiger partial charge on any atom is -0.320 e. The third-order valence-electron chi connectivity index (χ3n) is 4.91. The highest BCUT2D eigenvalue weighted by molar-refractivity contribution is 4.87. The zero-order chi connectivity index (χ0) is 13.7. The maximum atomic E-state index is 3.34. The normalized spacial score (nSPS) is 32.4. The molecule has 0 amide bonds. The Kier molecular flexibility index (Phi) is 6.11. The summed E-state index contributed by atoms with van der Waals surface area (Å²) < 4.78 is 0. The van der Waals surface area contributed by atoms with Gasteiger partial charge in [-0.25, -0.2) is 0 Å². The van der Waals surface area contributed by atoms with Crippen molar-refractivity contribution in [2.45, 2.75) is 57.5 Å². The van der Waals surface area contributed by atoms with Crippen LogP contribution in [0.25, 0.3) is 0 Å². The van der Waals surface area contributed by atoms with E-state index in [4.69, 9.17) is 0 Å². The number of likely N-dealkylation sites (N-methyl/N-ethyl adjacent to an activating group) is 1. The molecule has 1 heterocycles. The van der Waals surface area contributed by atoms with E-state index in [-0.39, 0.29) is 0 Å². The van der Waals surface area contributed by atoms with Crippen LogP contribution in [0, 0.1) is 5.92 Å². The molecule has 3 nitrogen and oxygen atoms in total. The van der Waals surface area contributed by atoms with Crippen molar-refractivity contribution >= 4 is 0 Å². The molecule has 1 aliphatic heterocycles. The summed E-state index contributed by atoms with van der Waals surface area (Å²) in [7, 11) is 4.38. The van der Waals surface area contributed by atoms with E-state index in [9.17, 15) is 0 Å². The van der Waals surface area contributed by atoms with Crippen LogP contribution in [-0.4, -0.2) is 62.2 Å². The van der Waals surface area contributed by atoms with Crippen molar-refractivity contribution in [3.8, 4) is 0 Å². The topological polar surface area (TPSA) is 18.5 Å². The van der Waals surface area contributed by atoms with E-state index >= 15 is 0 Å². The van der Waals surface area contributed by atoms with Crippen LogP contribution in [0.1, 0.15) is 45.4 Å². The first kappa shape index (κ1) is 15.3. The fourth-order valence-electron chi connectivity index (χ4n) is 4.07. The SMILES string of the molecule is CNCCC1CN(C)CC(C)CN1C1CCCCC1. The van der Waals surface area contributed by atoms with Gasteiger partial charge in [0.1, 0.15) is 0 Å². The predicted octanol–water partition coefficient (Wildman–Crippen LogP) is 2.18. The molecule has 2 unspecified atom stereocenters. The van der Waals surface area contributed by atoms with Gasteiger partial charge in [-0.15, -0.1) is 0 Å². The van der Waals surface area contributed by atoms with Crippen LogP contribution in [-0.2, 0) is 0 Å². The molecule has 0 spiro atoms. The molecule has 0 bridgehead atoms. The number of hydrogen-bond acceptors (Lipinski definition) is 3. The van der Waals surface area contributed by atoms with E-state index in [2.05, 4.69) is 36.1 Å². The van der Waals surface area contributed by atoms with Crippen LogP contribution in [0.15, 0.2) is 0 Å². The molecule has 1 saturated heterocycles. The van der Waals surface area contributed by atoms with Crippen LogP contribution in [0.5, 0.6) is 0 Å². The Morgan fingerprint density at radius 1 is 1.05 bits per heavy atom. The smallest absolute Gasteiger partial charge is 0.0238 e. The van der Waals surface area contributed by atoms with Crippen molar-refractivity contribution in [2.24, 2.45) is 5.92 Å². The van der Waals surface area contributed by atoms with Gasteiger partial charge in [0, 0.05) is 31.7 Å². The van der Waals surface area contributed by atoms with Crippen LogP contribution >= 0.6 is 0 Å². The lowest BCUT2D eigenvalue weighted by atomic mass is 9.92. The van der Waals surface area contributed by atoms with Crippen LogP contribution in [0.3, 0.4) is 0 Å². The molecule has 2 aliphatic rings. The number of nitrogens with one attached hydrogen (secondary N) is 1. The van der Waals surface area contributed by atoms with Crippen molar-refractivity contribution in [1.29, 1.82) is 0 Å². The average Bonchev–Trinajstić information content (AvgIpc) is 2.55. The largest absolute Gasteiger partial charge is 0.320 e. The Hall–Kier alpha value is -0.120. The van der Waals surface area contributed by atoms with Gasteiger partial charge in [-0.05, 0) is 45.8 Å². The molecule has 0 radical (unpaired) electrons. The lowest BCUT2D eigenvalue weighted by Crippen LogP contribution is -2.48. The summed E-state index contributed by atoms with van der Waals surface area (Å²) in [4.78, 5) is 5.43. The summed E-state index contributed by atoms with van der Waals surface area (Å²) in [5.41, 5.74) is 0. The molecular weight excluding hydrogens is 234 g/mol. The Morgan fingerprint density at radius 3 is 2.47 bits per heavy atom. The highest BCUT2D eigenvalue weighted by Gasteiger charge is 2.31. The van der Waals surface area contributed by atoms with Gasteiger partial charge >= 0.3 is 0 Å². The second-order valence-electron chi connectivity index (χ2n) is 6.86. The Bertz CT molecular complexity index is 250. The highest BCUT2D eigenvalue weighted by Crippen LogP contribution is 2.27. The van der Waals surface area contributed by atoms with Crippen molar-refractivity contribution < 1.29 is 0 Å². The van der Waals surface area contributed by atoms with Crippen molar-refractivity contribution in [3.05, 3.63) is 0 Å². The minimum absolute atomic E-state index is 0.755. The van der Waals surface area contributed by atoms with Gasteiger partial charge in [0.25, 0.3) is 0 Å². The van der Waals surface area contributed by atoms with Gasteiger partial charge in [0.15, 0.2) is 0 Å². The number of rotatable bonds is 4. The van der Waals surface area contributed by atoms with E-state index < -0.39 is 0 Å². The fourth-order valence-corrected chi connectivity index (χ4v) is 4.07. The first-order valence-electron chi connectivity index (χ1n) is 8.29. The summed E-state index contributed by atoms with van der Waals surface area (Å²) >= 11 is 0. The van der Waals surface area contributed by atoms with Gasteiger partial charge in [-0.2, -0.15) is 0 Å². The fraction of sp³-hybridized carbons (Fsp3) is 1.00. The molecule has 1 N–H and O–H groups in total. The quantitative estimate of drug-likeness (QED) is 0.842. The van der Waals surface area contributed by atoms with E-state index in [1.807, 2.05) is 0 Å². The zero-order valence-corrected chi connectivity index (χ0v) is 13.2. The van der Waals surface area contributed by atoms with E-state index in [0.29, 0.717) is 0 Å². The standard InChI is InChI=1S/C16H33N3/c1-14-11-18(3)13-16(9-10-17-2)19(12-14)15-7-5-4-6-8-15/h14-17H,4-13H2,1-3H3. The first-order chi connectivity index (χ1) is 9.20. The second kappa shape index (κ2) is 7.61. The molecule has 2 fully saturated rings. The Labute approximate surface area is 119 Å². The second-order valence-corrected chi connectivity index (χ2v) is 6.86. The summed E-state index contributed by atoms with van der Waals surface area (Å²) in [5.74, 6) is 0.812. The molecule has 112 valence electrons. The van der Waals surface area contributed by atoms with Gasteiger partial charge in [0.05, 0.1) is 0 Å². The monoisotopic (exact) mass is 267 g/mol. The van der Waals surface area contributed by atoms with Crippen molar-refractivity contribution in [2.75, 3.05) is 40.3 Å². The van der Waals surface area contributed by atoms with E-state index in [0.717, 1.165) is 24.5 Å². The van der Waals surface area contributed by atoms with Gasteiger partial charge < -0.3 is 10.2 Å². The van der Waals surface area contributed by atoms with E-state index in [1.54, 1.807) is 0 Å². The summed E-state index contributed by atoms with van der Waals surface area (Å²) in [6.45, 7) is 7.40. The predicted molar refractivity (Wildman–Crippen MR) is 82.6 cm³/mol. The zero-order valence-electron chi connectivity index (χ0n) is 13.2. The molecule has 19 heavy (non-hydrogen) atoms. The van der Waals surface area contributed by atoms with Crippen LogP contribution in [0.4, 0.5) is 0 Å². The highest BCUT2D eigenvalue weighted by atomic mass is 15.3. The Morgan fingerprint density at radius 2 is 1.79 bits per heavy atom. The van der Waals surface area contributed by atoms with Gasteiger partial charge in [0.2, 0.25) is 0 Å². The average molecular weight is 267 g/mol. The van der Waals surface area contributed by atoms with Gasteiger partial charge in [-0.3, -0.25) is 4.90 Å². The lowest BCUT2D eigenvalue weighted by molar-refractivity contribution is 0.0919. The molecule has 0 aromatic heterocycles. The third-order valence-corrected chi connectivity index (χ3v) is 4.91. The molecular formula is C16H33N3. The summed E-state index contributed by atoms with van der Waals surface area (Å²) in [5, 5.41) is 3.34. The molecule has 1 aliphatic carbocycles. The van der Waals surface area contributed by atoms with E-state index in [1.165, 1.54) is 58.2 Å². The maximum Gasteiger partial charge on any atom is 0.0238 e. The molecule has 0 aromatic carbocycles. The lowest BCUT2D eigenvalue weighted by Gasteiger charge is -2.40. The summed E-state index contributed by atoms with van der Waals surface area (Å²) in [6.07, 6.45) is 8.53. The summed E-state index contributed by atoms with van der Waals surface area (Å²) in [6, 6.07) is 1.62. The number of hydrogen-bond donors (Lipinski definition) is 1. The molecule has 2 rings (SSSR count). The molecule has 2 atom stereocenters. The number of nitrogens with zero attached hydrogens (tertiary/aromatic N) is 2. The van der Waals surface area contributed by atoms with Crippen LogP contribution in [0.2, 0.25) is 0 Å². The molecule has 3 heteroatoms. The minimum atomic E-state index is 0.755. The van der Waals surface area contributed by atoms with Crippen molar-refractivity contribution in [3.63, 3.8) is 0 Å². The molecule has 0 aromatic rings.